The molecular formula is C41H54N8O6. The molecule has 0 aliphatic carbocycles. The van der Waals surface area contributed by atoms with E-state index in [1.807, 2.05) is 37.5 Å². The van der Waals surface area contributed by atoms with Gasteiger partial charge in [0.2, 0.25) is 11.8 Å². The maximum atomic E-state index is 13.6. The zero-order valence-electron chi connectivity index (χ0n) is 32.8. The third-order valence-corrected chi connectivity index (χ3v) is 11.1. The largest absolute Gasteiger partial charge is 0.453 e. The molecular weight excluding hydrogens is 701 g/mol. The number of carbonyl (C=O) groups excluding carboxylic acids is 4. The Labute approximate surface area is 322 Å². The second-order valence-electron chi connectivity index (χ2n) is 15.6. The number of imidazole rings is 1. The van der Waals surface area contributed by atoms with Gasteiger partial charge >= 0.3 is 12.2 Å². The number of carbonyl (C=O) groups is 4. The molecule has 1 unspecified atom stereocenters. The molecule has 0 radical (unpaired) electrons. The van der Waals surface area contributed by atoms with Crippen molar-refractivity contribution in [3.8, 4) is 22.4 Å². The van der Waals surface area contributed by atoms with Crippen LogP contribution in [0.25, 0.3) is 22.4 Å². The van der Waals surface area contributed by atoms with Gasteiger partial charge in [-0.25, -0.2) is 14.6 Å². The number of amides is 4. The molecule has 3 aromatic rings. The number of benzene rings is 2. The molecule has 0 saturated carbocycles. The van der Waals surface area contributed by atoms with Crippen LogP contribution < -0.4 is 16.0 Å². The Morgan fingerprint density at radius 1 is 0.764 bits per heavy atom. The molecule has 55 heavy (non-hydrogen) atoms. The molecule has 14 nitrogen and oxygen atoms in total. The Morgan fingerprint density at radius 3 is 1.78 bits per heavy atom. The summed E-state index contributed by atoms with van der Waals surface area (Å²) < 4.78 is 9.53. The Balaban J connectivity index is 1.09. The van der Waals surface area contributed by atoms with E-state index in [0.717, 1.165) is 65.3 Å². The number of nitrogens with one attached hydrogen (secondary N) is 4. The highest BCUT2D eigenvalue weighted by atomic mass is 16.5. The summed E-state index contributed by atoms with van der Waals surface area (Å²) in [4.78, 5) is 67.8. The van der Waals surface area contributed by atoms with E-state index in [-0.39, 0.29) is 35.7 Å². The summed E-state index contributed by atoms with van der Waals surface area (Å²) in [6.45, 7) is 11.5. The fourth-order valence-corrected chi connectivity index (χ4v) is 7.87. The maximum Gasteiger partial charge on any atom is 0.407 e. The minimum absolute atomic E-state index is 0.0980. The lowest BCUT2D eigenvalue weighted by atomic mass is 9.91. The van der Waals surface area contributed by atoms with Crippen molar-refractivity contribution in [2.75, 3.05) is 33.9 Å². The minimum Gasteiger partial charge on any atom is -0.453 e. The Morgan fingerprint density at radius 2 is 1.25 bits per heavy atom. The number of hydrogen-bond acceptors (Lipinski definition) is 9. The fraction of sp³-hybridized carbons (Fsp3) is 0.512. The van der Waals surface area contributed by atoms with E-state index in [1.165, 1.54) is 14.2 Å². The highest BCUT2D eigenvalue weighted by Crippen LogP contribution is 2.34. The Bertz CT molecular complexity index is 1890. The molecule has 1 aromatic heterocycles. The van der Waals surface area contributed by atoms with Crippen LogP contribution in [0.15, 0.2) is 59.7 Å². The lowest BCUT2D eigenvalue weighted by Crippen LogP contribution is -2.55. The molecule has 3 aliphatic rings. The van der Waals surface area contributed by atoms with E-state index in [9.17, 15) is 19.2 Å². The molecule has 0 bridgehead atoms. The smallest absolute Gasteiger partial charge is 0.407 e. The van der Waals surface area contributed by atoms with Gasteiger partial charge in [0, 0.05) is 13.1 Å². The van der Waals surface area contributed by atoms with Crippen molar-refractivity contribution in [2.45, 2.75) is 90.0 Å². The first-order valence-corrected chi connectivity index (χ1v) is 19.2. The molecule has 5 atom stereocenters. The van der Waals surface area contributed by atoms with Crippen molar-refractivity contribution in [3.05, 3.63) is 66.1 Å². The third-order valence-electron chi connectivity index (χ3n) is 11.1. The van der Waals surface area contributed by atoms with E-state index < -0.39 is 29.8 Å². The van der Waals surface area contributed by atoms with Gasteiger partial charge in [0.25, 0.3) is 0 Å². The van der Waals surface area contributed by atoms with Gasteiger partial charge < -0.3 is 40.2 Å². The topological polar surface area (TPSA) is 170 Å². The Hall–Kier alpha value is -5.40. The van der Waals surface area contributed by atoms with E-state index in [0.29, 0.717) is 19.6 Å². The first-order chi connectivity index (χ1) is 26.3. The number of rotatable bonds is 11. The number of amidine groups is 1. The van der Waals surface area contributed by atoms with Crippen LogP contribution in [0.5, 0.6) is 0 Å². The molecule has 2 fully saturated rings. The monoisotopic (exact) mass is 754 g/mol. The second-order valence-corrected chi connectivity index (χ2v) is 15.6. The van der Waals surface area contributed by atoms with Crippen molar-refractivity contribution >= 4 is 29.8 Å². The average molecular weight is 755 g/mol. The van der Waals surface area contributed by atoms with Crippen molar-refractivity contribution < 1.29 is 28.7 Å². The van der Waals surface area contributed by atoms with Gasteiger partial charge in [0.1, 0.15) is 23.7 Å². The SMILES string of the molecule is COC(=O)N[C@H](C(=O)N1CCC[C@H]1C1=NCC(C)(c2ccc(-c3ccc(-c4cnc([C@@H]5CCCN5C(=O)[C@@H](NC(=O)OC)C(C)C)[nH]4)cc3)cc2)N1)C(C)C. The quantitative estimate of drug-likeness (QED) is 0.202. The molecule has 14 heteroatoms. The number of hydrogen-bond donors (Lipinski definition) is 4. The van der Waals surface area contributed by atoms with Crippen LogP contribution in [0, 0.1) is 11.8 Å². The number of aromatic amines is 1. The molecule has 2 aromatic carbocycles. The zero-order chi connectivity index (χ0) is 39.4. The number of likely N-dealkylation sites (tertiary alicyclic amines) is 2. The summed E-state index contributed by atoms with van der Waals surface area (Å²) in [5.41, 5.74) is 4.66. The van der Waals surface area contributed by atoms with Gasteiger partial charge in [-0.05, 0) is 66.7 Å². The number of H-pyrrole nitrogens is 1. The summed E-state index contributed by atoms with van der Waals surface area (Å²) in [5.74, 6) is 1.07. The normalized spacial score (nSPS) is 21.9. The number of nitrogens with zero attached hydrogens (tertiary/aromatic N) is 4. The van der Waals surface area contributed by atoms with Crippen LogP contribution in [0.1, 0.15) is 77.7 Å². The van der Waals surface area contributed by atoms with E-state index in [1.54, 1.807) is 6.20 Å². The third kappa shape index (κ3) is 8.32. The van der Waals surface area contributed by atoms with Crippen LogP contribution in [0.2, 0.25) is 0 Å². The first kappa shape index (κ1) is 39.3. The summed E-state index contributed by atoms with van der Waals surface area (Å²) in [6.07, 6.45) is 3.87. The fourth-order valence-electron chi connectivity index (χ4n) is 7.87. The van der Waals surface area contributed by atoms with Crippen molar-refractivity contribution in [2.24, 2.45) is 16.8 Å². The second kappa shape index (κ2) is 16.5. The van der Waals surface area contributed by atoms with Gasteiger partial charge in [0.05, 0.1) is 50.3 Å². The lowest BCUT2D eigenvalue weighted by Gasteiger charge is -2.32. The average Bonchev–Trinajstić information content (AvgIpc) is 4.02. The highest BCUT2D eigenvalue weighted by Gasteiger charge is 2.42. The number of aromatic nitrogens is 2. The van der Waals surface area contributed by atoms with Crippen LogP contribution >= 0.6 is 0 Å². The molecule has 6 rings (SSSR count). The van der Waals surface area contributed by atoms with Crippen molar-refractivity contribution in [1.82, 2.24) is 35.7 Å². The molecule has 2 saturated heterocycles. The predicted octanol–water partition coefficient (Wildman–Crippen LogP) is 5.38. The number of ether oxygens (including phenoxy) is 2. The number of alkyl carbamates (subject to hydrolysis) is 2. The minimum atomic E-state index is -0.686. The van der Waals surface area contributed by atoms with E-state index in [2.05, 4.69) is 81.4 Å². The van der Waals surface area contributed by atoms with Gasteiger partial charge in [-0.3, -0.25) is 14.6 Å². The Kier molecular flexibility index (Phi) is 11.8. The molecule has 0 spiro atoms. The number of aliphatic imine (C=N–C) groups is 1. The lowest BCUT2D eigenvalue weighted by molar-refractivity contribution is -0.135. The summed E-state index contributed by atoms with van der Waals surface area (Å²) in [6, 6.07) is 15.0. The van der Waals surface area contributed by atoms with E-state index in [4.69, 9.17) is 14.5 Å². The zero-order valence-corrected chi connectivity index (χ0v) is 32.8. The van der Waals surface area contributed by atoms with Crippen LogP contribution in [0.3, 0.4) is 0 Å². The van der Waals surface area contributed by atoms with Gasteiger partial charge in [-0.15, -0.1) is 0 Å². The first-order valence-electron chi connectivity index (χ1n) is 19.2. The highest BCUT2D eigenvalue weighted by molar-refractivity contribution is 5.96. The molecule has 4 amide bonds. The van der Waals surface area contributed by atoms with Crippen LogP contribution in [-0.2, 0) is 24.6 Å². The standard InChI is InChI=1S/C41H54N8O6/c1-24(2)33(45-39(52)54-6)37(50)48-20-8-10-31(48)35-42-22-30(44-35)28-14-12-26(13-15-28)27-16-18-29(19-17-27)41(5)23-43-36(47-41)32-11-9-21-49(32)38(51)34(25(3)4)46-40(53)55-7/h12-19,22,24-25,31-34H,8-11,20-21,23H2,1-7H3,(H,42,44)(H,43,47)(H,45,52)(H,46,53)/t31-,32-,33-,34-,41?/m0/s1. The van der Waals surface area contributed by atoms with Gasteiger partial charge in [-0.1, -0.05) is 76.2 Å². The van der Waals surface area contributed by atoms with Crippen LogP contribution in [-0.4, -0.2) is 102 Å². The molecule has 3 aliphatic heterocycles. The summed E-state index contributed by atoms with van der Waals surface area (Å²) in [5, 5.41) is 9.07. The molecule has 294 valence electrons. The van der Waals surface area contributed by atoms with Crippen molar-refractivity contribution in [3.63, 3.8) is 0 Å². The van der Waals surface area contributed by atoms with Gasteiger partial charge in [0.15, 0.2) is 0 Å². The van der Waals surface area contributed by atoms with Gasteiger partial charge in [-0.2, -0.15) is 0 Å². The molecule has 4 N–H and O–H groups in total. The van der Waals surface area contributed by atoms with Crippen LogP contribution in [0.4, 0.5) is 9.59 Å². The molecule has 4 heterocycles. The number of methoxy groups -OCH3 is 2. The maximum absolute atomic E-state index is 13.6. The predicted molar refractivity (Wildman–Crippen MR) is 209 cm³/mol. The van der Waals surface area contributed by atoms with Crippen molar-refractivity contribution in [1.29, 1.82) is 0 Å². The van der Waals surface area contributed by atoms with E-state index >= 15 is 0 Å². The summed E-state index contributed by atoms with van der Waals surface area (Å²) >= 11 is 0. The summed E-state index contributed by atoms with van der Waals surface area (Å²) in [7, 11) is 2.59.